The Balaban J connectivity index is 2.15. The van der Waals surface area contributed by atoms with E-state index in [1.165, 1.54) is 9.13 Å². The number of fused-ring (bicyclic) bond motifs is 1. The summed E-state index contributed by atoms with van der Waals surface area (Å²) in [6.07, 6.45) is -0.557. The number of imidazole rings is 1. The molecule has 1 aromatic carbocycles. The molecule has 0 aliphatic carbocycles. The lowest BCUT2D eigenvalue weighted by Gasteiger charge is -2.09. The van der Waals surface area contributed by atoms with Crippen molar-refractivity contribution in [2.45, 2.75) is 19.6 Å². The molecule has 0 unspecified atom stereocenters. The van der Waals surface area contributed by atoms with Gasteiger partial charge in [0, 0.05) is 20.6 Å². The third-order valence-electron chi connectivity index (χ3n) is 4.10. The lowest BCUT2D eigenvalue weighted by Crippen LogP contribution is -2.39. The molecular formula is C17H21N5O3. The van der Waals surface area contributed by atoms with E-state index in [-0.39, 0.29) is 12.1 Å². The normalized spacial score (nSPS) is 12.5. The zero-order chi connectivity index (χ0) is 18.1. The molecule has 0 fully saturated rings. The summed E-state index contributed by atoms with van der Waals surface area (Å²) in [6.45, 7) is 2.14. The molecule has 0 aliphatic rings. The Bertz CT molecular complexity index is 1010. The molecule has 2 N–H and O–H groups in total. The first-order valence-corrected chi connectivity index (χ1v) is 8.02. The maximum absolute atomic E-state index is 12.9. The van der Waals surface area contributed by atoms with Gasteiger partial charge >= 0.3 is 5.69 Å². The minimum Gasteiger partial charge on any atom is -0.392 e. The van der Waals surface area contributed by atoms with Gasteiger partial charge < -0.3 is 15.0 Å². The van der Waals surface area contributed by atoms with Crippen LogP contribution in [0.2, 0.25) is 0 Å². The van der Waals surface area contributed by atoms with E-state index in [1.807, 2.05) is 30.3 Å². The van der Waals surface area contributed by atoms with Crippen molar-refractivity contribution in [3.05, 3.63) is 56.7 Å². The van der Waals surface area contributed by atoms with Crippen LogP contribution in [-0.4, -0.2) is 36.4 Å². The Kier molecular flexibility index (Phi) is 4.45. The van der Waals surface area contributed by atoms with Crippen molar-refractivity contribution in [2.24, 2.45) is 14.1 Å². The maximum Gasteiger partial charge on any atom is 0.332 e. The fraction of sp³-hybridized carbons (Fsp3) is 0.353. The van der Waals surface area contributed by atoms with E-state index in [0.717, 1.165) is 5.56 Å². The van der Waals surface area contributed by atoms with E-state index in [0.29, 0.717) is 23.7 Å². The summed E-state index contributed by atoms with van der Waals surface area (Å²) in [7, 11) is 3.30. The number of aryl methyl sites for hydroxylation is 2. The Morgan fingerprint density at radius 1 is 1.16 bits per heavy atom. The second-order valence-electron chi connectivity index (χ2n) is 6.12. The zero-order valence-corrected chi connectivity index (χ0v) is 14.4. The average molecular weight is 343 g/mol. The first kappa shape index (κ1) is 17.0. The lowest BCUT2D eigenvalue weighted by atomic mass is 10.2. The Morgan fingerprint density at radius 3 is 2.48 bits per heavy atom. The molecule has 2 aromatic heterocycles. The first-order valence-electron chi connectivity index (χ1n) is 8.02. The van der Waals surface area contributed by atoms with Crippen molar-refractivity contribution in [2.75, 3.05) is 11.9 Å². The Labute approximate surface area is 144 Å². The highest BCUT2D eigenvalue weighted by Gasteiger charge is 2.18. The molecule has 132 valence electrons. The molecule has 0 amide bonds. The van der Waals surface area contributed by atoms with Crippen molar-refractivity contribution in [1.29, 1.82) is 0 Å². The van der Waals surface area contributed by atoms with E-state index in [4.69, 9.17) is 0 Å². The summed E-state index contributed by atoms with van der Waals surface area (Å²) < 4.78 is 4.19. The zero-order valence-electron chi connectivity index (χ0n) is 14.4. The smallest absolute Gasteiger partial charge is 0.332 e. The minimum atomic E-state index is -0.557. The number of nitrogens with zero attached hydrogens (tertiary/aromatic N) is 4. The van der Waals surface area contributed by atoms with Crippen LogP contribution in [0.4, 0.5) is 5.95 Å². The quantitative estimate of drug-likeness (QED) is 0.694. The Morgan fingerprint density at radius 2 is 1.84 bits per heavy atom. The number of anilines is 1. The lowest BCUT2D eigenvalue weighted by molar-refractivity contribution is 0.208. The van der Waals surface area contributed by atoms with Gasteiger partial charge in [-0.2, -0.15) is 4.98 Å². The molecule has 3 aromatic rings. The molecule has 8 heteroatoms. The van der Waals surface area contributed by atoms with Crippen LogP contribution in [0.25, 0.3) is 11.2 Å². The van der Waals surface area contributed by atoms with E-state index < -0.39 is 11.8 Å². The molecule has 0 saturated heterocycles. The summed E-state index contributed by atoms with van der Waals surface area (Å²) in [5, 5.41) is 12.4. The number of aliphatic hydroxyl groups excluding tert-OH is 1. The van der Waals surface area contributed by atoms with Gasteiger partial charge in [0.2, 0.25) is 5.95 Å². The van der Waals surface area contributed by atoms with E-state index in [9.17, 15) is 14.7 Å². The molecule has 2 heterocycles. The van der Waals surface area contributed by atoms with Crippen molar-refractivity contribution >= 4 is 17.1 Å². The minimum absolute atomic E-state index is 0.198. The molecule has 0 radical (unpaired) electrons. The van der Waals surface area contributed by atoms with Crippen molar-refractivity contribution in [3.63, 3.8) is 0 Å². The average Bonchev–Trinajstić information content (AvgIpc) is 2.93. The van der Waals surface area contributed by atoms with Gasteiger partial charge in [-0.1, -0.05) is 30.3 Å². The van der Waals surface area contributed by atoms with Crippen LogP contribution < -0.4 is 16.6 Å². The third kappa shape index (κ3) is 3.08. The monoisotopic (exact) mass is 343 g/mol. The van der Waals surface area contributed by atoms with Crippen LogP contribution in [0.15, 0.2) is 39.9 Å². The molecule has 0 bridgehead atoms. The number of aromatic nitrogens is 4. The predicted molar refractivity (Wildman–Crippen MR) is 95.9 cm³/mol. The highest BCUT2D eigenvalue weighted by molar-refractivity contribution is 5.74. The number of hydrogen-bond donors (Lipinski definition) is 2. The van der Waals surface area contributed by atoms with Gasteiger partial charge in [-0.15, -0.1) is 0 Å². The van der Waals surface area contributed by atoms with Crippen LogP contribution in [0.1, 0.15) is 12.5 Å². The molecule has 3 rings (SSSR count). The number of benzene rings is 1. The summed E-state index contributed by atoms with van der Waals surface area (Å²) >= 11 is 0. The van der Waals surface area contributed by atoms with Crippen molar-refractivity contribution in [3.8, 4) is 0 Å². The van der Waals surface area contributed by atoms with Crippen LogP contribution >= 0.6 is 0 Å². The molecule has 0 aliphatic heterocycles. The van der Waals surface area contributed by atoms with Gasteiger partial charge in [-0.25, -0.2) is 4.79 Å². The Hall–Kier alpha value is -2.87. The molecular weight excluding hydrogens is 322 g/mol. The third-order valence-corrected chi connectivity index (χ3v) is 4.10. The van der Waals surface area contributed by atoms with Crippen LogP contribution in [0.3, 0.4) is 0 Å². The fourth-order valence-electron chi connectivity index (χ4n) is 2.75. The van der Waals surface area contributed by atoms with E-state index in [1.54, 1.807) is 25.6 Å². The topological polar surface area (TPSA) is 94.1 Å². The number of aliphatic hydroxyl groups is 1. The predicted octanol–water partition coefficient (Wildman–Crippen LogP) is 0.275. The second kappa shape index (κ2) is 6.56. The highest BCUT2D eigenvalue weighted by atomic mass is 16.3. The van der Waals surface area contributed by atoms with Gasteiger partial charge in [0.25, 0.3) is 5.56 Å². The van der Waals surface area contributed by atoms with Gasteiger partial charge in [-0.05, 0) is 12.5 Å². The second-order valence-corrected chi connectivity index (χ2v) is 6.12. The maximum atomic E-state index is 12.9. The van der Waals surface area contributed by atoms with Crippen LogP contribution in [0, 0.1) is 0 Å². The molecule has 25 heavy (non-hydrogen) atoms. The van der Waals surface area contributed by atoms with E-state index >= 15 is 0 Å². The summed E-state index contributed by atoms with van der Waals surface area (Å²) in [5.74, 6) is 0.431. The van der Waals surface area contributed by atoms with Crippen molar-refractivity contribution in [1.82, 2.24) is 18.7 Å². The number of nitrogens with one attached hydrogen (secondary N) is 1. The number of hydrogen-bond acceptors (Lipinski definition) is 5. The van der Waals surface area contributed by atoms with Crippen molar-refractivity contribution < 1.29 is 5.11 Å². The summed E-state index contributed by atoms with van der Waals surface area (Å²) in [5.41, 5.74) is 0.722. The van der Waals surface area contributed by atoms with Gasteiger partial charge in [0.15, 0.2) is 11.2 Å². The fourth-order valence-corrected chi connectivity index (χ4v) is 2.75. The molecule has 0 saturated carbocycles. The largest absolute Gasteiger partial charge is 0.392 e. The van der Waals surface area contributed by atoms with E-state index in [2.05, 4.69) is 10.3 Å². The SMILES string of the molecule is C[C@H](O)CNc1nc2c(c(=O)n(Cc3ccccc3)c(=O)n2C)n1C. The summed E-state index contributed by atoms with van der Waals surface area (Å²) in [6, 6.07) is 9.36. The number of rotatable bonds is 5. The highest BCUT2D eigenvalue weighted by Crippen LogP contribution is 2.13. The first-order chi connectivity index (χ1) is 11.9. The standard InChI is InChI=1S/C17H21N5O3/c1-11(23)9-18-16-19-14-13(20(16)2)15(24)22(17(25)21(14)3)10-12-7-5-4-6-8-12/h4-8,11,23H,9-10H2,1-3H3,(H,18,19)/t11-/m0/s1. The van der Waals surface area contributed by atoms with Gasteiger partial charge in [0.05, 0.1) is 12.6 Å². The molecule has 0 spiro atoms. The van der Waals surface area contributed by atoms with Gasteiger partial charge in [0.1, 0.15) is 0 Å². The molecule has 8 nitrogen and oxygen atoms in total. The van der Waals surface area contributed by atoms with Gasteiger partial charge in [-0.3, -0.25) is 13.9 Å². The summed E-state index contributed by atoms with van der Waals surface area (Å²) in [4.78, 5) is 29.8. The van der Waals surface area contributed by atoms with Crippen LogP contribution in [0.5, 0.6) is 0 Å². The molecule has 1 atom stereocenters. The van der Waals surface area contributed by atoms with Crippen LogP contribution in [-0.2, 0) is 20.6 Å².